The SMILES string of the molecule is CN(C)C1CCC2=CC3CCC4(C)C(c5ccc6[nH]ncc6c5)=CCC4[C@@]3(O)CCC2C1. The normalized spacial score (nSPS) is 39.2. The maximum Gasteiger partial charge on any atom is 0.0749 e. The van der Waals surface area contributed by atoms with Gasteiger partial charge in [0.05, 0.1) is 17.3 Å². The first-order chi connectivity index (χ1) is 15.4. The quantitative estimate of drug-likeness (QED) is 0.612. The molecule has 0 amide bonds. The fourth-order valence-corrected chi connectivity index (χ4v) is 7.88. The third-order valence-corrected chi connectivity index (χ3v) is 9.80. The van der Waals surface area contributed by atoms with E-state index in [0.717, 1.165) is 37.6 Å². The number of nitrogens with zero attached hydrogens (tertiary/aromatic N) is 2. The number of fused-ring (bicyclic) bond motifs is 5. The molecule has 0 radical (unpaired) electrons. The smallest absolute Gasteiger partial charge is 0.0749 e. The highest BCUT2D eigenvalue weighted by atomic mass is 16.3. The van der Waals surface area contributed by atoms with E-state index in [0.29, 0.717) is 23.8 Å². The summed E-state index contributed by atoms with van der Waals surface area (Å²) >= 11 is 0. The molecule has 5 unspecified atom stereocenters. The number of H-pyrrole nitrogens is 1. The van der Waals surface area contributed by atoms with Crippen LogP contribution in [0.3, 0.4) is 0 Å². The van der Waals surface area contributed by atoms with Crippen molar-refractivity contribution in [2.45, 2.75) is 69.9 Å². The molecule has 1 aromatic heterocycles. The van der Waals surface area contributed by atoms with Crippen molar-refractivity contribution < 1.29 is 5.11 Å². The van der Waals surface area contributed by atoms with Gasteiger partial charge in [-0.3, -0.25) is 5.10 Å². The highest BCUT2D eigenvalue weighted by Crippen LogP contribution is 2.63. The molecule has 0 bridgehead atoms. The molecule has 170 valence electrons. The third kappa shape index (κ3) is 2.99. The van der Waals surface area contributed by atoms with Gasteiger partial charge in [-0.25, -0.2) is 0 Å². The van der Waals surface area contributed by atoms with Gasteiger partial charge in [0.15, 0.2) is 0 Å². The Bertz CT molecular complexity index is 1100. The number of hydrogen-bond donors (Lipinski definition) is 2. The van der Waals surface area contributed by atoms with Crippen LogP contribution in [-0.2, 0) is 0 Å². The summed E-state index contributed by atoms with van der Waals surface area (Å²) in [6.07, 6.45) is 16.0. The van der Waals surface area contributed by atoms with Crippen molar-refractivity contribution in [1.82, 2.24) is 15.1 Å². The third-order valence-electron chi connectivity index (χ3n) is 9.80. The molecule has 0 aliphatic heterocycles. The van der Waals surface area contributed by atoms with Crippen molar-refractivity contribution in [3.05, 3.63) is 47.7 Å². The second-order valence-corrected chi connectivity index (χ2v) is 11.5. The van der Waals surface area contributed by atoms with E-state index in [9.17, 15) is 5.11 Å². The lowest BCUT2D eigenvalue weighted by Crippen LogP contribution is -2.53. The van der Waals surface area contributed by atoms with Gasteiger partial charge >= 0.3 is 0 Å². The Hall–Kier alpha value is -1.91. The first-order valence-electron chi connectivity index (χ1n) is 12.6. The lowest BCUT2D eigenvalue weighted by Gasteiger charge is -2.52. The van der Waals surface area contributed by atoms with E-state index in [2.05, 4.69) is 66.5 Å². The zero-order chi connectivity index (χ0) is 22.1. The molecule has 1 heterocycles. The van der Waals surface area contributed by atoms with Crippen LogP contribution in [0.25, 0.3) is 16.5 Å². The average molecular weight is 432 g/mol. The minimum absolute atomic E-state index is 0.0445. The fourth-order valence-electron chi connectivity index (χ4n) is 7.88. The molecule has 32 heavy (non-hydrogen) atoms. The van der Waals surface area contributed by atoms with Gasteiger partial charge in [-0.2, -0.15) is 5.10 Å². The van der Waals surface area contributed by atoms with Crippen molar-refractivity contribution in [3.63, 3.8) is 0 Å². The van der Waals surface area contributed by atoms with Gasteiger partial charge in [-0.1, -0.05) is 30.7 Å². The maximum absolute atomic E-state index is 12.3. The van der Waals surface area contributed by atoms with Gasteiger partial charge < -0.3 is 10.0 Å². The second kappa shape index (κ2) is 7.30. The van der Waals surface area contributed by atoms with E-state index in [1.807, 2.05) is 6.20 Å². The summed E-state index contributed by atoms with van der Waals surface area (Å²) in [6.45, 7) is 2.43. The molecule has 2 saturated carbocycles. The molecule has 6 rings (SSSR count). The van der Waals surface area contributed by atoms with Crippen LogP contribution in [0.15, 0.2) is 42.1 Å². The summed E-state index contributed by atoms with van der Waals surface area (Å²) in [5.41, 5.74) is 4.96. The van der Waals surface area contributed by atoms with E-state index in [1.54, 1.807) is 5.57 Å². The van der Waals surface area contributed by atoms with E-state index in [-0.39, 0.29) is 5.41 Å². The number of aromatic nitrogens is 2. The Balaban J connectivity index is 1.30. The van der Waals surface area contributed by atoms with Gasteiger partial charge in [0.25, 0.3) is 0 Å². The van der Waals surface area contributed by atoms with Crippen LogP contribution in [-0.4, -0.2) is 45.9 Å². The molecule has 0 spiro atoms. The molecule has 4 heteroatoms. The molecular weight excluding hydrogens is 394 g/mol. The van der Waals surface area contributed by atoms with Crippen molar-refractivity contribution in [2.24, 2.45) is 23.2 Å². The van der Waals surface area contributed by atoms with Gasteiger partial charge in [0.1, 0.15) is 0 Å². The average Bonchev–Trinajstić information content (AvgIpc) is 3.35. The highest BCUT2D eigenvalue weighted by molar-refractivity contribution is 5.84. The van der Waals surface area contributed by atoms with Crippen LogP contribution in [0.2, 0.25) is 0 Å². The molecule has 4 nitrogen and oxygen atoms in total. The van der Waals surface area contributed by atoms with Gasteiger partial charge in [-0.15, -0.1) is 0 Å². The number of rotatable bonds is 2. The summed E-state index contributed by atoms with van der Waals surface area (Å²) in [7, 11) is 4.45. The standard InChI is InChI=1S/C28H37N3O/c1-27-12-11-22-15-18-4-6-23(31(2)3)16-19(18)10-13-28(22,32)26(27)9-7-24(27)20-5-8-25-21(14-20)17-29-30-25/h5,7-8,14-15,17,19,22-23,26,32H,4,6,9-13,16H2,1-3H3,(H,29,30)/t19?,22?,23?,26?,27?,28-/m1/s1. The Morgan fingerprint density at radius 3 is 2.88 bits per heavy atom. The lowest BCUT2D eigenvalue weighted by molar-refractivity contribution is -0.117. The van der Waals surface area contributed by atoms with Gasteiger partial charge in [-0.05, 0) is 100 Å². The predicted octanol–water partition coefficient (Wildman–Crippen LogP) is 5.56. The Labute approximate surface area is 191 Å². The first kappa shape index (κ1) is 20.7. The maximum atomic E-state index is 12.3. The van der Waals surface area contributed by atoms with Gasteiger partial charge in [0, 0.05) is 23.3 Å². The number of aromatic amines is 1. The van der Waals surface area contributed by atoms with Crippen LogP contribution in [0.4, 0.5) is 0 Å². The number of benzene rings is 1. The van der Waals surface area contributed by atoms with Crippen molar-refractivity contribution in [1.29, 1.82) is 0 Å². The summed E-state index contributed by atoms with van der Waals surface area (Å²) < 4.78 is 0. The van der Waals surface area contributed by atoms with Crippen molar-refractivity contribution in [3.8, 4) is 0 Å². The van der Waals surface area contributed by atoms with Crippen LogP contribution >= 0.6 is 0 Å². The van der Waals surface area contributed by atoms with E-state index in [4.69, 9.17) is 0 Å². The largest absolute Gasteiger partial charge is 0.389 e. The van der Waals surface area contributed by atoms with Crippen LogP contribution < -0.4 is 0 Å². The number of allylic oxidation sites excluding steroid dienone is 3. The minimum Gasteiger partial charge on any atom is -0.389 e. The summed E-state index contributed by atoms with van der Waals surface area (Å²) in [4.78, 5) is 2.41. The van der Waals surface area contributed by atoms with Gasteiger partial charge in [0.2, 0.25) is 0 Å². The topological polar surface area (TPSA) is 52.2 Å². The zero-order valence-corrected chi connectivity index (χ0v) is 19.8. The van der Waals surface area contributed by atoms with Crippen molar-refractivity contribution in [2.75, 3.05) is 14.1 Å². The van der Waals surface area contributed by atoms with E-state index >= 15 is 0 Å². The van der Waals surface area contributed by atoms with E-state index < -0.39 is 5.60 Å². The Kier molecular flexibility index (Phi) is 4.71. The predicted molar refractivity (Wildman–Crippen MR) is 130 cm³/mol. The number of nitrogens with one attached hydrogen (secondary N) is 1. The molecule has 4 aliphatic carbocycles. The molecular formula is C28H37N3O. The molecule has 2 N–H and O–H groups in total. The lowest BCUT2D eigenvalue weighted by atomic mass is 9.54. The summed E-state index contributed by atoms with van der Waals surface area (Å²) in [5, 5.41) is 20.8. The molecule has 2 fully saturated rings. The summed E-state index contributed by atoms with van der Waals surface area (Å²) in [5.74, 6) is 1.29. The van der Waals surface area contributed by atoms with Crippen LogP contribution in [0.1, 0.15) is 63.9 Å². The second-order valence-electron chi connectivity index (χ2n) is 11.5. The fraction of sp³-hybridized carbons (Fsp3) is 0.607. The van der Waals surface area contributed by atoms with Crippen LogP contribution in [0.5, 0.6) is 0 Å². The molecule has 0 saturated heterocycles. The molecule has 4 aliphatic rings. The summed E-state index contributed by atoms with van der Waals surface area (Å²) in [6, 6.07) is 7.35. The first-order valence-corrected chi connectivity index (χ1v) is 12.6. The number of aliphatic hydroxyl groups is 1. The zero-order valence-electron chi connectivity index (χ0n) is 19.8. The molecule has 1 aromatic carbocycles. The number of hydrogen-bond acceptors (Lipinski definition) is 3. The monoisotopic (exact) mass is 431 g/mol. The molecule has 6 atom stereocenters. The Morgan fingerprint density at radius 1 is 1.16 bits per heavy atom. The highest BCUT2D eigenvalue weighted by Gasteiger charge is 2.58. The molecule has 2 aromatic rings. The minimum atomic E-state index is -0.580. The Morgan fingerprint density at radius 2 is 2.03 bits per heavy atom. The van der Waals surface area contributed by atoms with Crippen LogP contribution in [0, 0.1) is 23.2 Å². The van der Waals surface area contributed by atoms with E-state index in [1.165, 1.54) is 35.8 Å². The van der Waals surface area contributed by atoms with Crippen molar-refractivity contribution >= 4 is 16.5 Å².